The molecule has 1 rings (SSSR count). The van der Waals surface area contributed by atoms with Crippen LogP contribution in [0.1, 0.15) is 25.7 Å². The molecule has 2 atom stereocenters. The highest BCUT2D eigenvalue weighted by atomic mass is 16.4. The van der Waals surface area contributed by atoms with Crippen LogP contribution in [0.3, 0.4) is 0 Å². The SMILES string of the molecule is N[C@H]1CCCC(C(=O)O)C1. The van der Waals surface area contributed by atoms with Crippen LogP contribution >= 0.6 is 0 Å². The molecule has 0 aromatic carbocycles. The van der Waals surface area contributed by atoms with Gasteiger partial charge in [-0.05, 0) is 19.3 Å². The maximum absolute atomic E-state index is 10.4. The predicted molar refractivity (Wildman–Crippen MR) is 37.6 cm³/mol. The fourth-order valence-corrected chi connectivity index (χ4v) is 1.45. The van der Waals surface area contributed by atoms with Crippen molar-refractivity contribution in [1.82, 2.24) is 0 Å². The molecule has 0 bridgehead atoms. The number of hydrogen-bond donors (Lipinski definition) is 2. The van der Waals surface area contributed by atoms with E-state index in [4.69, 9.17) is 10.8 Å². The topological polar surface area (TPSA) is 63.3 Å². The summed E-state index contributed by atoms with van der Waals surface area (Å²) >= 11 is 0. The number of nitrogens with two attached hydrogens (primary N) is 1. The Kier molecular flexibility index (Phi) is 2.27. The van der Waals surface area contributed by atoms with Gasteiger partial charge in [0.15, 0.2) is 0 Å². The van der Waals surface area contributed by atoms with Crippen LogP contribution in [0.25, 0.3) is 0 Å². The summed E-state index contributed by atoms with van der Waals surface area (Å²) in [6, 6.07) is 0.120. The van der Waals surface area contributed by atoms with Gasteiger partial charge in [0.1, 0.15) is 0 Å². The maximum atomic E-state index is 10.4. The van der Waals surface area contributed by atoms with E-state index < -0.39 is 5.97 Å². The highest BCUT2D eigenvalue weighted by Gasteiger charge is 2.24. The number of hydrogen-bond acceptors (Lipinski definition) is 2. The molecule has 1 aliphatic rings. The Bertz CT molecular complexity index is 136. The molecule has 3 nitrogen and oxygen atoms in total. The second kappa shape index (κ2) is 3.01. The molecule has 1 saturated carbocycles. The fourth-order valence-electron chi connectivity index (χ4n) is 1.45. The van der Waals surface area contributed by atoms with Gasteiger partial charge in [-0.25, -0.2) is 0 Å². The van der Waals surface area contributed by atoms with Crippen molar-refractivity contribution in [2.45, 2.75) is 31.7 Å². The summed E-state index contributed by atoms with van der Waals surface area (Å²) in [5, 5.41) is 8.60. The van der Waals surface area contributed by atoms with Gasteiger partial charge < -0.3 is 10.8 Å². The molecule has 0 heterocycles. The van der Waals surface area contributed by atoms with Crippen LogP contribution in [0.4, 0.5) is 0 Å². The third-order valence-electron chi connectivity index (χ3n) is 2.06. The smallest absolute Gasteiger partial charge is 0.306 e. The first kappa shape index (κ1) is 7.54. The van der Waals surface area contributed by atoms with Gasteiger partial charge in [0.05, 0.1) is 5.92 Å². The zero-order valence-corrected chi connectivity index (χ0v) is 5.92. The van der Waals surface area contributed by atoms with Crippen LogP contribution in [-0.2, 0) is 4.79 Å². The lowest BCUT2D eigenvalue weighted by molar-refractivity contribution is -0.142. The summed E-state index contributed by atoms with van der Waals surface area (Å²) < 4.78 is 0. The molecule has 1 unspecified atom stereocenters. The van der Waals surface area contributed by atoms with Crippen molar-refractivity contribution in [3.63, 3.8) is 0 Å². The Morgan fingerprint density at radius 3 is 2.60 bits per heavy atom. The van der Waals surface area contributed by atoms with Gasteiger partial charge in [0, 0.05) is 6.04 Å². The van der Waals surface area contributed by atoms with Gasteiger partial charge in [0.2, 0.25) is 0 Å². The molecule has 3 heteroatoms. The lowest BCUT2D eigenvalue weighted by Gasteiger charge is -2.22. The van der Waals surface area contributed by atoms with Gasteiger partial charge in [-0.3, -0.25) is 4.79 Å². The zero-order valence-electron chi connectivity index (χ0n) is 5.92. The van der Waals surface area contributed by atoms with Crippen molar-refractivity contribution in [3.8, 4) is 0 Å². The van der Waals surface area contributed by atoms with Crippen molar-refractivity contribution in [2.75, 3.05) is 0 Å². The number of aliphatic carboxylic acids is 1. The van der Waals surface area contributed by atoms with Crippen LogP contribution < -0.4 is 5.73 Å². The molecule has 0 radical (unpaired) electrons. The van der Waals surface area contributed by atoms with Crippen LogP contribution in [0.15, 0.2) is 0 Å². The van der Waals surface area contributed by atoms with Crippen LogP contribution in [0.5, 0.6) is 0 Å². The van der Waals surface area contributed by atoms with E-state index in [1.54, 1.807) is 0 Å². The molecule has 0 aromatic rings. The monoisotopic (exact) mass is 143 g/mol. The molecule has 10 heavy (non-hydrogen) atoms. The first-order valence-electron chi connectivity index (χ1n) is 3.68. The normalized spacial score (nSPS) is 33.7. The van der Waals surface area contributed by atoms with Crippen LogP contribution in [0, 0.1) is 5.92 Å². The van der Waals surface area contributed by atoms with E-state index in [-0.39, 0.29) is 12.0 Å². The predicted octanol–water partition coefficient (Wildman–Crippen LogP) is 0.588. The molecular formula is C7H13NO2. The second-order valence-electron chi connectivity index (χ2n) is 2.96. The van der Waals surface area contributed by atoms with E-state index in [1.165, 1.54) is 0 Å². The number of carbonyl (C=O) groups is 1. The Morgan fingerprint density at radius 1 is 1.50 bits per heavy atom. The Balaban J connectivity index is 2.39. The molecular weight excluding hydrogens is 130 g/mol. The Labute approximate surface area is 60.2 Å². The Hall–Kier alpha value is -0.570. The lowest BCUT2D eigenvalue weighted by Crippen LogP contribution is -2.31. The zero-order chi connectivity index (χ0) is 7.56. The molecule has 0 saturated heterocycles. The molecule has 0 aliphatic heterocycles. The van der Waals surface area contributed by atoms with Crippen molar-refractivity contribution < 1.29 is 9.90 Å². The van der Waals surface area contributed by atoms with Gasteiger partial charge >= 0.3 is 5.97 Å². The molecule has 0 spiro atoms. The van der Waals surface area contributed by atoms with E-state index >= 15 is 0 Å². The largest absolute Gasteiger partial charge is 0.481 e. The molecule has 0 aromatic heterocycles. The average Bonchev–Trinajstić information content (AvgIpc) is 1.88. The van der Waals surface area contributed by atoms with Crippen LogP contribution in [0.2, 0.25) is 0 Å². The number of carboxylic acid groups (broad SMARTS) is 1. The minimum absolute atomic E-state index is 0.120. The van der Waals surface area contributed by atoms with Crippen LogP contribution in [-0.4, -0.2) is 17.1 Å². The summed E-state index contributed by atoms with van der Waals surface area (Å²) in [6.07, 6.45) is 3.43. The van der Waals surface area contributed by atoms with Crippen molar-refractivity contribution in [1.29, 1.82) is 0 Å². The summed E-state index contributed by atoms with van der Waals surface area (Å²) in [4.78, 5) is 10.4. The molecule has 3 N–H and O–H groups in total. The quantitative estimate of drug-likeness (QED) is 0.564. The highest BCUT2D eigenvalue weighted by molar-refractivity contribution is 5.70. The second-order valence-corrected chi connectivity index (χ2v) is 2.96. The van der Waals surface area contributed by atoms with Gasteiger partial charge in [-0.15, -0.1) is 0 Å². The Morgan fingerprint density at radius 2 is 2.20 bits per heavy atom. The summed E-state index contributed by atoms with van der Waals surface area (Å²) in [7, 11) is 0. The molecule has 58 valence electrons. The third kappa shape index (κ3) is 1.70. The highest BCUT2D eigenvalue weighted by Crippen LogP contribution is 2.22. The lowest BCUT2D eigenvalue weighted by atomic mass is 9.86. The van der Waals surface area contributed by atoms with Gasteiger partial charge in [-0.2, -0.15) is 0 Å². The third-order valence-corrected chi connectivity index (χ3v) is 2.06. The standard InChI is InChI=1S/C7H13NO2/c8-6-3-1-2-5(4-6)7(9)10/h5-6H,1-4,8H2,(H,9,10)/t5?,6-/m0/s1. The van der Waals surface area contributed by atoms with E-state index in [0.29, 0.717) is 6.42 Å². The minimum Gasteiger partial charge on any atom is -0.481 e. The first-order valence-corrected chi connectivity index (χ1v) is 3.68. The van der Waals surface area contributed by atoms with Crippen molar-refractivity contribution in [2.24, 2.45) is 11.7 Å². The van der Waals surface area contributed by atoms with Gasteiger partial charge in [-0.1, -0.05) is 6.42 Å². The minimum atomic E-state index is -0.685. The van der Waals surface area contributed by atoms with E-state index in [9.17, 15) is 4.79 Å². The number of rotatable bonds is 1. The van der Waals surface area contributed by atoms with E-state index in [0.717, 1.165) is 19.3 Å². The van der Waals surface area contributed by atoms with Crippen molar-refractivity contribution in [3.05, 3.63) is 0 Å². The van der Waals surface area contributed by atoms with E-state index in [2.05, 4.69) is 0 Å². The summed E-state index contributed by atoms with van der Waals surface area (Å²) in [5.41, 5.74) is 5.60. The fraction of sp³-hybridized carbons (Fsp3) is 0.857. The first-order chi connectivity index (χ1) is 4.70. The van der Waals surface area contributed by atoms with Crippen molar-refractivity contribution >= 4 is 5.97 Å². The molecule has 1 fully saturated rings. The number of carboxylic acids is 1. The van der Waals surface area contributed by atoms with Gasteiger partial charge in [0.25, 0.3) is 0 Å². The molecule has 0 amide bonds. The maximum Gasteiger partial charge on any atom is 0.306 e. The summed E-state index contributed by atoms with van der Waals surface area (Å²) in [6.45, 7) is 0. The molecule has 1 aliphatic carbocycles. The summed E-state index contributed by atoms with van der Waals surface area (Å²) in [5.74, 6) is -0.862. The average molecular weight is 143 g/mol. The van der Waals surface area contributed by atoms with E-state index in [1.807, 2.05) is 0 Å².